The third-order valence-corrected chi connectivity index (χ3v) is 3.37. The van der Waals surface area contributed by atoms with Crippen molar-refractivity contribution < 1.29 is 13.2 Å². The van der Waals surface area contributed by atoms with Crippen LogP contribution in [0.15, 0.2) is 48.5 Å². The Balaban J connectivity index is 2.13. The van der Waals surface area contributed by atoms with Gasteiger partial charge in [-0.2, -0.15) is 13.2 Å². The second kappa shape index (κ2) is 4.91. The SMILES string of the molecule is Cc1ccc(Cn2c(C(F)(F)F)nc3ccccc32)cc1. The number of hydrogen-bond acceptors (Lipinski definition) is 1. The van der Waals surface area contributed by atoms with E-state index in [1.165, 1.54) is 4.57 Å². The Kier molecular flexibility index (Phi) is 3.20. The molecule has 3 aromatic rings. The Hall–Kier alpha value is -2.30. The van der Waals surface area contributed by atoms with E-state index in [1.54, 1.807) is 24.3 Å². The molecule has 0 bridgehead atoms. The maximum atomic E-state index is 13.2. The molecule has 0 saturated heterocycles. The zero-order valence-corrected chi connectivity index (χ0v) is 11.4. The smallest absolute Gasteiger partial charge is 0.316 e. The number of hydrogen-bond donors (Lipinski definition) is 0. The number of rotatable bonds is 2. The Morgan fingerprint density at radius 3 is 2.33 bits per heavy atom. The van der Waals surface area contributed by atoms with Gasteiger partial charge in [0.1, 0.15) is 0 Å². The number of aromatic nitrogens is 2. The summed E-state index contributed by atoms with van der Waals surface area (Å²) in [6.07, 6.45) is -4.47. The second-order valence-electron chi connectivity index (χ2n) is 4.99. The van der Waals surface area contributed by atoms with E-state index in [9.17, 15) is 13.2 Å². The Morgan fingerprint density at radius 1 is 1.00 bits per heavy atom. The van der Waals surface area contributed by atoms with E-state index in [0.717, 1.165) is 11.1 Å². The number of aryl methyl sites for hydroxylation is 1. The predicted octanol–water partition coefficient (Wildman–Crippen LogP) is 4.41. The number of alkyl halides is 3. The van der Waals surface area contributed by atoms with Crippen molar-refractivity contribution >= 4 is 11.0 Å². The fourth-order valence-corrected chi connectivity index (χ4v) is 2.33. The standard InChI is InChI=1S/C16H13F3N2/c1-11-6-8-12(9-7-11)10-21-14-5-3-2-4-13(14)20-15(21)16(17,18)19/h2-9H,10H2,1H3. The summed E-state index contributed by atoms with van der Waals surface area (Å²) in [5.74, 6) is -0.857. The summed E-state index contributed by atoms with van der Waals surface area (Å²) in [5, 5.41) is 0. The first-order valence-electron chi connectivity index (χ1n) is 6.53. The molecule has 0 amide bonds. The first-order chi connectivity index (χ1) is 9.95. The van der Waals surface area contributed by atoms with Crippen LogP contribution in [0, 0.1) is 6.92 Å². The van der Waals surface area contributed by atoms with E-state index in [2.05, 4.69) is 4.98 Å². The molecule has 0 radical (unpaired) electrons. The fraction of sp³-hybridized carbons (Fsp3) is 0.188. The quantitative estimate of drug-likeness (QED) is 0.683. The average molecular weight is 290 g/mol. The van der Waals surface area contributed by atoms with Crippen LogP contribution in [0.3, 0.4) is 0 Å². The number of para-hydroxylation sites is 2. The molecule has 108 valence electrons. The minimum absolute atomic E-state index is 0.148. The third-order valence-electron chi connectivity index (χ3n) is 3.37. The molecule has 0 aliphatic carbocycles. The van der Waals surface area contributed by atoms with Crippen molar-refractivity contribution in [3.05, 3.63) is 65.5 Å². The van der Waals surface area contributed by atoms with Crippen LogP contribution in [0.5, 0.6) is 0 Å². The molecule has 0 unspecified atom stereocenters. The molecule has 3 rings (SSSR count). The van der Waals surface area contributed by atoms with Gasteiger partial charge in [0.15, 0.2) is 0 Å². The van der Waals surface area contributed by atoms with Crippen molar-refractivity contribution in [2.75, 3.05) is 0 Å². The van der Waals surface area contributed by atoms with Crippen LogP contribution in [0.25, 0.3) is 11.0 Å². The van der Waals surface area contributed by atoms with Crippen molar-refractivity contribution in [1.82, 2.24) is 9.55 Å². The Morgan fingerprint density at radius 2 is 1.67 bits per heavy atom. The molecule has 2 nitrogen and oxygen atoms in total. The summed E-state index contributed by atoms with van der Waals surface area (Å²) in [6.45, 7) is 2.09. The summed E-state index contributed by atoms with van der Waals surface area (Å²) in [6, 6.07) is 14.1. The molecular formula is C16H13F3N2. The highest BCUT2D eigenvalue weighted by Crippen LogP contribution is 2.32. The van der Waals surface area contributed by atoms with Gasteiger partial charge in [0.25, 0.3) is 0 Å². The van der Waals surface area contributed by atoms with Crippen LogP contribution in [0.2, 0.25) is 0 Å². The lowest BCUT2D eigenvalue weighted by Gasteiger charge is -2.11. The highest BCUT2D eigenvalue weighted by molar-refractivity contribution is 5.76. The lowest BCUT2D eigenvalue weighted by molar-refractivity contribution is -0.146. The molecule has 0 spiro atoms. The van der Waals surface area contributed by atoms with E-state index < -0.39 is 12.0 Å². The summed E-state index contributed by atoms with van der Waals surface area (Å²) < 4.78 is 40.7. The molecule has 0 aliphatic rings. The normalized spacial score (nSPS) is 12.0. The lowest BCUT2D eigenvalue weighted by atomic mass is 10.1. The summed E-state index contributed by atoms with van der Waals surface area (Å²) in [7, 11) is 0. The molecule has 0 fully saturated rings. The fourth-order valence-electron chi connectivity index (χ4n) is 2.33. The third kappa shape index (κ3) is 2.63. The molecule has 21 heavy (non-hydrogen) atoms. The van der Waals surface area contributed by atoms with Crippen LogP contribution in [0.4, 0.5) is 13.2 Å². The molecule has 0 saturated carbocycles. The van der Waals surface area contributed by atoms with E-state index in [4.69, 9.17) is 0 Å². The van der Waals surface area contributed by atoms with Gasteiger partial charge in [0.2, 0.25) is 5.82 Å². The molecule has 1 aromatic heterocycles. The maximum Gasteiger partial charge on any atom is 0.449 e. The van der Waals surface area contributed by atoms with Crippen LogP contribution >= 0.6 is 0 Å². The van der Waals surface area contributed by atoms with Gasteiger partial charge in [0, 0.05) is 6.54 Å². The van der Waals surface area contributed by atoms with E-state index in [0.29, 0.717) is 11.0 Å². The van der Waals surface area contributed by atoms with E-state index >= 15 is 0 Å². The van der Waals surface area contributed by atoms with E-state index in [-0.39, 0.29) is 6.54 Å². The van der Waals surface area contributed by atoms with Gasteiger partial charge in [-0.1, -0.05) is 42.0 Å². The van der Waals surface area contributed by atoms with Crippen LogP contribution in [0.1, 0.15) is 17.0 Å². The topological polar surface area (TPSA) is 17.8 Å². The molecule has 5 heteroatoms. The largest absolute Gasteiger partial charge is 0.449 e. The zero-order valence-electron chi connectivity index (χ0n) is 11.4. The van der Waals surface area contributed by atoms with Crippen molar-refractivity contribution in [2.45, 2.75) is 19.6 Å². The highest BCUT2D eigenvalue weighted by atomic mass is 19.4. The number of fused-ring (bicyclic) bond motifs is 1. The first kappa shape index (κ1) is 13.7. The Labute approximate surface area is 119 Å². The van der Waals surface area contributed by atoms with Crippen LogP contribution < -0.4 is 0 Å². The van der Waals surface area contributed by atoms with Crippen molar-refractivity contribution in [1.29, 1.82) is 0 Å². The number of nitrogens with zero attached hydrogens (tertiary/aromatic N) is 2. The lowest BCUT2D eigenvalue weighted by Crippen LogP contribution is -2.15. The van der Waals surface area contributed by atoms with Gasteiger partial charge >= 0.3 is 6.18 Å². The average Bonchev–Trinajstić information content (AvgIpc) is 2.81. The maximum absolute atomic E-state index is 13.2. The van der Waals surface area contributed by atoms with Crippen molar-refractivity contribution in [3.63, 3.8) is 0 Å². The monoisotopic (exact) mass is 290 g/mol. The van der Waals surface area contributed by atoms with Crippen LogP contribution in [-0.4, -0.2) is 9.55 Å². The minimum atomic E-state index is -4.47. The molecular weight excluding hydrogens is 277 g/mol. The van der Waals surface area contributed by atoms with E-state index in [1.807, 2.05) is 31.2 Å². The number of benzene rings is 2. The highest BCUT2D eigenvalue weighted by Gasteiger charge is 2.37. The van der Waals surface area contributed by atoms with Gasteiger partial charge in [-0.3, -0.25) is 0 Å². The van der Waals surface area contributed by atoms with Crippen molar-refractivity contribution in [3.8, 4) is 0 Å². The van der Waals surface area contributed by atoms with Gasteiger partial charge in [-0.15, -0.1) is 0 Å². The van der Waals surface area contributed by atoms with Gasteiger partial charge in [0.05, 0.1) is 11.0 Å². The molecule has 0 atom stereocenters. The van der Waals surface area contributed by atoms with Gasteiger partial charge < -0.3 is 4.57 Å². The predicted molar refractivity (Wildman–Crippen MR) is 75.0 cm³/mol. The zero-order chi connectivity index (χ0) is 15.0. The molecule has 1 heterocycles. The minimum Gasteiger partial charge on any atom is -0.316 e. The summed E-state index contributed by atoms with van der Waals surface area (Å²) in [5.41, 5.74) is 2.74. The summed E-state index contributed by atoms with van der Waals surface area (Å²) >= 11 is 0. The molecule has 0 N–H and O–H groups in total. The van der Waals surface area contributed by atoms with Crippen LogP contribution in [-0.2, 0) is 12.7 Å². The van der Waals surface area contributed by atoms with Crippen molar-refractivity contribution in [2.24, 2.45) is 0 Å². The number of imidazole rings is 1. The second-order valence-corrected chi connectivity index (χ2v) is 4.99. The first-order valence-corrected chi connectivity index (χ1v) is 6.53. The summed E-state index contributed by atoms with van der Waals surface area (Å²) in [4.78, 5) is 3.74. The number of halogens is 3. The van der Waals surface area contributed by atoms with Gasteiger partial charge in [-0.05, 0) is 24.6 Å². The molecule has 2 aromatic carbocycles. The molecule has 0 aliphatic heterocycles. The van der Waals surface area contributed by atoms with Gasteiger partial charge in [-0.25, -0.2) is 4.98 Å². The Bertz CT molecular complexity index is 770.